The van der Waals surface area contributed by atoms with E-state index in [0.717, 1.165) is 25.0 Å². The van der Waals surface area contributed by atoms with Gasteiger partial charge in [-0.25, -0.2) is 4.98 Å². The van der Waals surface area contributed by atoms with E-state index in [0.29, 0.717) is 49.0 Å². The standard InChI is InChI=1S/C20H26N4O4/c1-4-5-16-18(14(3)23-28-16)19(25)24-11-20(12-24)8-15(6-7-26-20)27-17-10-21-9-13(2)22-17/h9-10,15H,4-8,11-12H2,1-3H3/t15-/m1/s1. The summed E-state index contributed by atoms with van der Waals surface area (Å²) in [6.07, 6.45) is 6.50. The highest BCUT2D eigenvalue weighted by atomic mass is 16.5. The molecule has 1 spiro atoms. The summed E-state index contributed by atoms with van der Waals surface area (Å²) in [5.41, 5.74) is 1.74. The van der Waals surface area contributed by atoms with E-state index in [4.69, 9.17) is 14.0 Å². The SMILES string of the molecule is CCCc1onc(C)c1C(=O)N1CC2(C[C@H](Oc3cncc(C)n3)CCO2)C1. The van der Waals surface area contributed by atoms with Crippen LogP contribution in [-0.2, 0) is 11.2 Å². The van der Waals surface area contributed by atoms with Crippen LogP contribution in [0.1, 0.15) is 53.7 Å². The molecule has 8 heteroatoms. The first-order chi connectivity index (χ1) is 13.5. The molecule has 0 aliphatic carbocycles. The zero-order valence-electron chi connectivity index (χ0n) is 16.6. The molecule has 2 fully saturated rings. The third kappa shape index (κ3) is 3.61. The molecule has 4 heterocycles. The average Bonchev–Trinajstić information content (AvgIpc) is 3.00. The normalized spacial score (nSPS) is 20.8. The van der Waals surface area contributed by atoms with E-state index in [1.54, 1.807) is 12.4 Å². The predicted molar refractivity (Wildman–Crippen MR) is 100 cm³/mol. The molecule has 0 bridgehead atoms. The van der Waals surface area contributed by atoms with Crippen molar-refractivity contribution in [1.82, 2.24) is 20.0 Å². The Morgan fingerprint density at radius 3 is 2.93 bits per heavy atom. The number of ether oxygens (including phenoxy) is 2. The summed E-state index contributed by atoms with van der Waals surface area (Å²) >= 11 is 0. The molecule has 8 nitrogen and oxygen atoms in total. The van der Waals surface area contributed by atoms with E-state index in [1.165, 1.54) is 0 Å². The zero-order valence-corrected chi connectivity index (χ0v) is 16.6. The first-order valence-corrected chi connectivity index (χ1v) is 9.83. The maximum absolute atomic E-state index is 13.0. The minimum absolute atomic E-state index is 0.00934. The Hall–Kier alpha value is -2.48. The summed E-state index contributed by atoms with van der Waals surface area (Å²) in [5, 5.41) is 3.98. The van der Waals surface area contributed by atoms with Crippen molar-refractivity contribution < 1.29 is 18.8 Å². The summed E-state index contributed by atoms with van der Waals surface area (Å²) in [5.74, 6) is 1.19. The highest BCUT2D eigenvalue weighted by Crippen LogP contribution is 2.37. The highest BCUT2D eigenvalue weighted by molar-refractivity contribution is 5.96. The van der Waals surface area contributed by atoms with Crippen molar-refractivity contribution in [2.75, 3.05) is 19.7 Å². The van der Waals surface area contributed by atoms with Gasteiger partial charge in [0.2, 0.25) is 5.88 Å². The van der Waals surface area contributed by atoms with Gasteiger partial charge in [0, 0.05) is 25.5 Å². The van der Waals surface area contributed by atoms with Gasteiger partial charge >= 0.3 is 0 Å². The molecule has 2 aromatic rings. The maximum atomic E-state index is 13.0. The van der Waals surface area contributed by atoms with Gasteiger partial charge in [0.15, 0.2) is 0 Å². The lowest BCUT2D eigenvalue weighted by Gasteiger charge is -2.52. The van der Waals surface area contributed by atoms with Crippen molar-refractivity contribution in [2.45, 2.75) is 58.2 Å². The average molecular weight is 386 g/mol. The quantitative estimate of drug-likeness (QED) is 0.780. The fraction of sp³-hybridized carbons (Fsp3) is 0.600. The Balaban J connectivity index is 1.39. The predicted octanol–water partition coefficient (Wildman–Crippen LogP) is 2.49. The minimum Gasteiger partial charge on any atom is -0.473 e. The summed E-state index contributed by atoms with van der Waals surface area (Å²) in [7, 11) is 0. The van der Waals surface area contributed by atoms with Crippen LogP contribution in [-0.4, -0.2) is 57.3 Å². The Kier molecular flexibility index (Phi) is 5.05. The zero-order chi connectivity index (χ0) is 19.7. The molecule has 0 radical (unpaired) electrons. The molecule has 2 aliphatic rings. The third-order valence-corrected chi connectivity index (χ3v) is 5.34. The van der Waals surface area contributed by atoms with Crippen LogP contribution in [0, 0.1) is 13.8 Å². The van der Waals surface area contributed by atoms with Crippen molar-refractivity contribution in [3.63, 3.8) is 0 Å². The number of carbonyl (C=O) groups excluding carboxylic acids is 1. The number of nitrogens with zero attached hydrogens (tertiary/aromatic N) is 4. The van der Waals surface area contributed by atoms with Crippen LogP contribution in [0.25, 0.3) is 0 Å². The molecule has 2 saturated heterocycles. The monoisotopic (exact) mass is 386 g/mol. The molecule has 0 aromatic carbocycles. The van der Waals surface area contributed by atoms with Crippen molar-refractivity contribution in [3.05, 3.63) is 35.1 Å². The first-order valence-electron chi connectivity index (χ1n) is 9.83. The largest absolute Gasteiger partial charge is 0.473 e. The fourth-order valence-electron chi connectivity index (χ4n) is 4.01. The summed E-state index contributed by atoms with van der Waals surface area (Å²) < 4.78 is 17.4. The van der Waals surface area contributed by atoms with Crippen molar-refractivity contribution in [3.8, 4) is 5.88 Å². The van der Waals surface area contributed by atoms with Crippen LogP contribution in [0.5, 0.6) is 5.88 Å². The molecule has 150 valence electrons. The Morgan fingerprint density at radius 2 is 2.18 bits per heavy atom. The topological polar surface area (TPSA) is 90.6 Å². The number of aromatic nitrogens is 3. The molecule has 28 heavy (non-hydrogen) atoms. The van der Waals surface area contributed by atoms with E-state index >= 15 is 0 Å². The molecular weight excluding hydrogens is 360 g/mol. The second kappa shape index (κ2) is 7.50. The lowest BCUT2D eigenvalue weighted by Crippen LogP contribution is -2.67. The van der Waals surface area contributed by atoms with Crippen LogP contribution in [0.2, 0.25) is 0 Å². The Morgan fingerprint density at radius 1 is 1.36 bits per heavy atom. The van der Waals surface area contributed by atoms with Gasteiger partial charge in [-0.2, -0.15) is 0 Å². The highest BCUT2D eigenvalue weighted by Gasteiger charge is 2.50. The number of aryl methyl sites for hydroxylation is 3. The van der Waals surface area contributed by atoms with E-state index in [1.807, 2.05) is 18.7 Å². The molecule has 0 unspecified atom stereocenters. The second-order valence-electron chi connectivity index (χ2n) is 7.74. The van der Waals surface area contributed by atoms with Crippen LogP contribution >= 0.6 is 0 Å². The summed E-state index contributed by atoms with van der Waals surface area (Å²) in [4.78, 5) is 23.3. The maximum Gasteiger partial charge on any atom is 0.259 e. The van der Waals surface area contributed by atoms with Gasteiger partial charge in [-0.3, -0.25) is 9.78 Å². The van der Waals surface area contributed by atoms with E-state index in [9.17, 15) is 4.79 Å². The lowest BCUT2D eigenvalue weighted by atomic mass is 9.84. The number of likely N-dealkylation sites (tertiary alicyclic amines) is 1. The lowest BCUT2D eigenvalue weighted by molar-refractivity contribution is -0.174. The van der Waals surface area contributed by atoms with E-state index < -0.39 is 0 Å². The molecule has 2 aliphatic heterocycles. The van der Waals surface area contributed by atoms with Crippen LogP contribution < -0.4 is 4.74 Å². The van der Waals surface area contributed by atoms with Crippen LogP contribution in [0.4, 0.5) is 0 Å². The van der Waals surface area contributed by atoms with Gasteiger partial charge in [0.05, 0.1) is 37.3 Å². The molecular formula is C20H26N4O4. The molecule has 1 atom stereocenters. The molecule has 4 rings (SSSR count). The molecule has 0 N–H and O–H groups in total. The smallest absolute Gasteiger partial charge is 0.259 e. The van der Waals surface area contributed by atoms with Gasteiger partial charge < -0.3 is 18.9 Å². The first kappa shape index (κ1) is 18.9. The Bertz CT molecular complexity index is 860. The fourth-order valence-corrected chi connectivity index (χ4v) is 4.01. The van der Waals surface area contributed by atoms with E-state index in [-0.39, 0.29) is 17.6 Å². The number of hydrogen-bond acceptors (Lipinski definition) is 7. The van der Waals surface area contributed by atoms with Gasteiger partial charge in [-0.15, -0.1) is 0 Å². The number of rotatable bonds is 5. The Labute approximate surface area is 164 Å². The van der Waals surface area contributed by atoms with E-state index in [2.05, 4.69) is 22.0 Å². The molecule has 1 amide bonds. The van der Waals surface area contributed by atoms with Crippen LogP contribution in [0.3, 0.4) is 0 Å². The van der Waals surface area contributed by atoms with Crippen molar-refractivity contribution >= 4 is 5.91 Å². The third-order valence-electron chi connectivity index (χ3n) is 5.34. The van der Waals surface area contributed by atoms with Crippen molar-refractivity contribution in [1.29, 1.82) is 0 Å². The summed E-state index contributed by atoms with van der Waals surface area (Å²) in [6.45, 7) is 7.48. The second-order valence-corrected chi connectivity index (χ2v) is 7.74. The molecule has 0 saturated carbocycles. The molecule has 2 aromatic heterocycles. The van der Waals surface area contributed by atoms with Gasteiger partial charge in [-0.05, 0) is 20.3 Å². The number of hydrogen-bond donors (Lipinski definition) is 0. The van der Waals surface area contributed by atoms with Crippen molar-refractivity contribution in [2.24, 2.45) is 0 Å². The minimum atomic E-state index is -0.341. The summed E-state index contributed by atoms with van der Waals surface area (Å²) in [6, 6.07) is 0. The van der Waals surface area contributed by atoms with Crippen LogP contribution in [0.15, 0.2) is 16.9 Å². The number of carbonyl (C=O) groups is 1. The number of amides is 1. The van der Waals surface area contributed by atoms with Gasteiger partial charge in [-0.1, -0.05) is 12.1 Å². The van der Waals surface area contributed by atoms with Gasteiger partial charge in [0.25, 0.3) is 5.91 Å². The van der Waals surface area contributed by atoms with Gasteiger partial charge in [0.1, 0.15) is 23.0 Å².